The molecule has 3 unspecified atom stereocenters. The Morgan fingerprint density at radius 3 is 2.66 bits per heavy atom. The minimum Gasteiger partial charge on any atom is -0.504 e. The van der Waals surface area contributed by atoms with Crippen molar-refractivity contribution < 1.29 is 19.7 Å². The van der Waals surface area contributed by atoms with Gasteiger partial charge in [-0.25, -0.2) is 0 Å². The van der Waals surface area contributed by atoms with Crippen LogP contribution in [-0.4, -0.2) is 79.9 Å². The lowest BCUT2D eigenvalue weighted by Crippen LogP contribution is -2.92. The zero-order valence-electron chi connectivity index (χ0n) is 21.7. The van der Waals surface area contributed by atoms with Crippen molar-refractivity contribution in [1.82, 2.24) is 14.7 Å². The summed E-state index contributed by atoms with van der Waals surface area (Å²) in [6.45, 7) is 3.26. The van der Waals surface area contributed by atoms with E-state index in [-0.39, 0.29) is 28.7 Å². The molecule has 2 aromatic rings. The summed E-state index contributed by atoms with van der Waals surface area (Å²) >= 11 is 0. The number of aromatic hydroxyl groups is 1. The van der Waals surface area contributed by atoms with Crippen LogP contribution in [0.1, 0.15) is 55.2 Å². The number of likely N-dealkylation sites (tertiary alicyclic amines) is 1. The molecule has 5 heterocycles. The normalized spacial score (nSPS) is 40.6. The van der Waals surface area contributed by atoms with E-state index in [2.05, 4.69) is 28.0 Å². The molecule has 3 aliphatic carbocycles. The van der Waals surface area contributed by atoms with E-state index in [4.69, 9.17) is 4.74 Å². The van der Waals surface area contributed by atoms with Gasteiger partial charge in [-0.15, -0.1) is 0 Å². The number of hydrogen-bond donors (Lipinski definition) is 2. The van der Waals surface area contributed by atoms with E-state index in [1.54, 1.807) is 6.07 Å². The highest BCUT2D eigenvalue weighted by Crippen LogP contribution is 2.72. The molecule has 2 N–H and O–H groups in total. The zero-order valence-corrected chi connectivity index (χ0v) is 21.7. The highest BCUT2D eigenvalue weighted by molar-refractivity contribution is 5.78. The molecule has 6 atom stereocenters. The molecular weight excluding hydrogens is 478 g/mol. The first kappa shape index (κ1) is 22.2. The number of carbonyl (C=O) groups is 1. The zero-order chi connectivity index (χ0) is 25.4. The van der Waals surface area contributed by atoms with Gasteiger partial charge in [-0.2, -0.15) is 0 Å². The van der Waals surface area contributed by atoms with Gasteiger partial charge >= 0.3 is 0 Å². The summed E-state index contributed by atoms with van der Waals surface area (Å²) in [5, 5.41) is 23.5. The van der Waals surface area contributed by atoms with Crippen LogP contribution in [0.25, 0.3) is 0 Å². The van der Waals surface area contributed by atoms with Crippen LogP contribution in [0.4, 0.5) is 0 Å². The third kappa shape index (κ3) is 2.46. The van der Waals surface area contributed by atoms with Gasteiger partial charge in [-0.1, -0.05) is 36.4 Å². The lowest BCUT2D eigenvalue weighted by molar-refractivity contribution is -0.304. The molecule has 7 nitrogen and oxygen atoms in total. The molecule has 2 spiro atoms. The summed E-state index contributed by atoms with van der Waals surface area (Å²) in [5.74, 6) is 1.68. The molecule has 2 saturated carbocycles. The summed E-state index contributed by atoms with van der Waals surface area (Å²) in [5.41, 5.74) is 1.84. The molecule has 1 amide bonds. The second-order valence-corrected chi connectivity index (χ2v) is 13.1. The van der Waals surface area contributed by atoms with Crippen LogP contribution in [0, 0.1) is 5.92 Å². The Morgan fingerprint density at radius 2 is 1.84 bits per heavy atom. The van der Waals surface area contributed by atoms with Gasteiger partial charge in [-0.05, 0) is 68.2 Å². The number of amides is 1. The highest BCUT2D eigenvalue weighted by atomic mass is 16.5. The molecule has 10 rings (SSSR count). The standard InChI is InChI=1S/C31H35N3O4/c35-22-9-8-21-14-24-31-11-10-30(37,23-15-25(36)33(18-34(23)31)17-19-4-2-1-3-5-19)28-29(31,26(21)27(22)38-28)12-13-32(24)16-20-6-7-20/h1-5,8-9,20,23-24,28,35,37H,6-7,10-18H2/t23-,24?,28?,29?,30+,31+/m0/s1. The number of benzene rings is 2. The maximum absolute atomic E-state index is 13.6. The van der Waals surface area contributed by atoms with E-state index < -0.39 is 11.7 Å². The third-order valence-electron chi connectivity index (χ3n) is 11.6. The predicted molar refractivity (Wildman–Crippen MR) is 140 cm³/mol. The second kappa shape index (κ2) is 7.12. The topological polar surface area (TPSA) is 76.5 Å². The van der Waals surface area contributed by atoms with Gasteiger partial charge in [-0.3, -0.25) is 14.6 Å². The minimum absolute atomic E-state index is 0.108. The Morgan fingerprint density at radius 1 is 1.00 bits per heavy atom. The fourth-order valence-electron chi connectivity index (χ4n) is 10.0. The van der Waals surface area contributed by atoms with E-state index in [1.807, 2.05) is 23.1 Å². The molecule has 198 valence electrons. The fourth-order valence-corrected chi connectivity index (χ4v) is 10.0. The number of rotatable bonds is 4. The van der Waals surface area contributed by atoms with E-state index in [9.17, 15) is 15.0 Å². The Kier molecular flexibility index (Phi) is 4.16. The van der Waals surface area contributed by atoms with Crippen molar-refractivity contribution in [3.05, 3.63) is 59.2 Å². The number of aliphatic hydroxyl groups is 1. The SMILES string of the molecule is O=C1C[C@@H]2N(CN1Cc1ccccc1)[C@@]13CC[C@]2(O)C2Oc4c(O)ccc5c4C21CCN(CC1CC1)C3C5. The van der Waals surface area contributed by atoms with Crippen LogP contribution < -0.4 is 4.74 Å². The van der Waals surface area contributed by atoms with Crippen molar-refractivity contribution in [3.8, 4) is 11.5 Å². The molecule has 4 bridgehead atoms. The monoisotopic (exact) mass is 513 g/mol. The summed E-state index contributed by atoms with van der Waals surface area (Å²) in [7, 11) is 0. The summed E-state index contributed by atoms with van der Waals surface area (Å²) in [6, 6.07) is 14.2. The molecule has 38 heavy (non-hydrogen) atoms. The van der Waals surface area contributed by atoms with Gasteiger partial charge < -0.3 is 19.8 Å². The lowest BCUT2D eigenvalue weighted by atomic mass is 9.40. The van der Waals surface area contributed by atoms with E-state index in [0.29, 0.717) is 37.8 Å². The van der Waals surface area contributed by atoms with Crippen LogP contribution in [0.2, 0.25) is 0 Å². The smallest absolute Gasteiger partial charge is 0.225 e. The molecule has 0 aromatic heterocycles. The number of ether oxygens (including phenoxy) is 1. The summed E-state index contributed by atoms with van der Waals surface area (Å²) in [4.78, 5) is 20.9. The van der Waals surface area contributed by atoms with Crippen molar-refractivity contribution in [2.75, 3.05) is 19.8 Å². The van der Waals surface area contributed by atoms with E-state index in [1.165, 1.54) is 18.4 Å². The molecule has 8 aliphatic rings. The average molecular weight is 514 g/mol. The molecule has 2 aromatic carbocycles. The van der Waals surface area contributed by atoms with Crippen molar-refractivity contribution in [2.24, 2.45) is 5.92 Å². The Hall–Kier alpha value is -2.61. The van der Waals surface area contributed by atoms with Crippen LogP contribution in [-0.2, 0) is 23.2 Å². The van der Waals surface area contributed by atoms with Crippen LogP contribution in [0.15, 0.2) is 42.5 Å². The molecule has 7 heteroatoms. The molecular formula is C31H35N3O4. The Labute approximate surface area is 223 Å². The quantitative estimate of drug-likeness (QED) is 0.655. The van der Waals surface area contributed by atoms with Gasteiger partial charge in [0.15, 0.2) is 11.5 Å². The third-order valence-corrected chi connectivity index (χ3v) is 11.6. The van der Waals surface area contributed by atoms with Gasteiger partial charge in [0.05, 0.1) is 23.7 Å². The van der Waals surface area contributed by atoms with Crippen LogP contribution in [0.5, 0.6) is 11.5 Å². The largest absolute Gasteiger partial charge is 0.504 e. The number of hydrogen-bond acceptors (Lipinski definition) is 6. The fraction of sp³-hybridized carbons (Fsp3) is 0.581. The number of fused-ring (bicyclic) bond motifs is 1. The van der Waals surface area contributed by atoms with Crippen molar-refractivity contribution in [3.63, 3.8) is 0 Å². The predicted octanol–water partition coefficient (Wildman–Crippen LogP) is 2.77. The molecule has 4 saturated heterocycles. The lowest BCUT2D eigenvalue weighted by Gasteiger charge is -2.77. The first-order chi connectivity index (χ1) is 18.5. The number of piperidine rings is 3. The summed E-state index contributed by atoms with van der Waals surface area (Å²) in [6.07, 6.45) is 5.93. The minimum atomic E-state index is -1.13. The van der Waals surface area contributed by atoms with E-state index in [0.717, 1.165) is 49.4 Å². The van der Waals surface area contributed by atoms with Gasteiger partial charge in [0, 0.05) is 31.1 Å². The first-order valence-corrected chi connectivity index (χ1v) is 14.5. The van der Waals surface area contributed by atoms with E-state index >= 15 is 0 Å². The highest BCUT2D eigenvalue weighted by Gasteiger charge is 2.83. The number of phenolic OH excluding ortho intramolecular Hbond substituents is 1. The van der Waals surface area contributed by atoms with Crippen LogP contribution in [0.3, 0.4) is 0 Å². The Balaban J connectivity index is 1.23. The van der Waals surface area contributed by atoms with Gasteiger partial charge in [0.2, 0.25) is 5.91 Å². The number of nitrogens with zero attached hydrogens (tertiary/aromatic N) is 3. The number of carbonyl (C=O) groups excluding carboxylic acids is 1. The second-order valence-electron chi connectivity index (χ2n) is 13.1. The maximum Gasteiger partial charge on any atom is 0.225 e. The van der Waals surface area contributed by atoms with Crippen molar-refractivity contribution >= 4 is 5.91 Å². The van der Waals surface area contributed by atoms with Crippen LogP contribution >= 0.6 is 0 Å². The van der Waals surface area contributed by atoms with Crippen molar-refractivity contribution in [1.29, 1.82) is 0 Å². The molecule has 0 radical (unpaired) electrons. The van der Waals surface area contributed by atoms with Gasteiger partial charge in [0.1, 0.15) is 11.7 Å². The van der Waals surface area contributed by atoms with Gasteiger partial charge in [0.25, 0.3) is 0 Å². The Bertz CT molecular complexity index is 1360. The maximum atomic E-state index is 13.6. The number of phenols is 1. The molecule has 6 fully saturated rings. The summed E-state index contributed by atoms with van der Waals surface area (Å²) < 4.78 is 6.71. The van der Waals surface area contributed by atoms with Crippen molar-refractivity contribution in [2.45, 2.75) is 86.2 Å². The first-order valence-electron chi connectivity index (χ1n) is 14.5. The average Bonchev–Trinajstić information content (AvgIpc) is 3.66. The molecule has 5 aliphatic heterocycles.